The Morgan fingerprint density at radius 3 is 2.75 bits per heavy atom. The molecule has 0 bridgehead atoms. The van der Waals surface area contributed by atoms with Crippen LogP contribution in [0.5, 0.6) is 11.5 Å². The quantitative estimate of drug-likeness (QED) is 0.674. The third kappa shape index (κ3) is 3.80. The van der Waals surface area contributed by atoms with E-state index in [1.165, 1.54) is 4.80 Å². The second-order valence-electron chi connectivity index (χ2n) is 6.73. The average Bonchev–Trinajstić information content (AvgIpc) is 3.16. The van der Waals surface area contributed by atoms with Gasteiger partial charge in [0.1, 0.15) is 13.2 Å². The summed E-state index contributed by atoms with van der Waals surface area (Å²) in [6, 6.07) is 15.3. The maximum atomic E-state index is 12.5. The minimum Gasteiger partial charge on any atom is -0.486 e. The fourth-order valence-corrected chi connectivity index (χ4v) is 3.04. The number of carbonyl (C=O) groups is 1. The molecule has 0 saturated carbocycles. The highest BCUT2D eigenvalue weighted by Gasteiger charge is 2.24. The standard InChI is InChI=1S/C20H21N5O3/c1-14-7-3-4-8-16(14)20-21-23-25(22-20)12-19(26)24(2)11-15-13-27-17-9-5-6-10-18(17)28-15/h3-10,15H,11-13H2,1-2H3/t15-/m1/s1. The first kappa shape index (κ1) is 18.0. The van der Waals surface area contributed by atoms with Crippen LogP contribution in [0.25, 0.3) is 11.4 Å². The molecule has 1 aliphatic rings. The molecule has 1 aromatic heterocycles. The van der Waals surface area contributed by atoms with Crippen molar-refractivity contribution in [3.8, 4) is 22.9 Å². The van der Waals surface area contributed by atoms with Crippen LogP contribution >= 0.6 is 0 Å². The first-order chi connectivity index (χ1) is 13.6. The summed E-state index contributed by atoms with van der Waals surface area (Å²) in [5.74, 6) is 1.80. The van der Waals surface area contributed by atoms with Crippen molar-refractivity contribution in [1.29, 1.82) is 0 Å². The lowest BCUT2D eigenvalue weighted by atomic mass is 10.1. The van der Waals surface area contributed by atoms with E-state index in [-0.39, 0.29) is 18.6 Å². The van der Waals surface area contributed by atoms with Crippen molar-refractivity contribution in [2.75, 3.05) is 20.2 Å². The average molecular weight is 379 g/mol. The van der Waals surface area contributed by atoms with Gasteiger partial charge in [0.2, 0.25) is 11.7 Å². The van der Waals surface area contributed by atoms with Gasteiger partial charge in [-0.1, -0.05) is 36.4 Å². The van der Waals surface area contributed by atoms with Crippen LogP contribution in [0.2, 0.25) is 0 Å². The van der Waals surface area contributed by atoms with Gasteiger partial charge >= 0.3 is 0 Å². The van der Waals surface area contributed by atoms with Crippen LogP contribution in [-0.4, -0.2) is 57.3 Å². The van der Waals surface area contributed by atoms with Crippen molar-refractivity contribution in [2.45, 2.75) is 19.6 Å². The number of fused-ring (bicyclic) bond motifs is 1. The van der Waals surface area contributed by atoms with Crippen molar-refractivity contribution < 1.29 is 14.3 Å². The minimum atomic E-state index is -0.227. The molecule has 2 heterocycles. The van der Waals surface area contributed by atoms with Gasteiger partial charge in [-0.05, 0) is 29.8 Å². The topological polar surface area (TPSA) is 82.4 Å². The van der Waals surface area contributed by atoms with Crippen molar-refractivity contribution in [1.82, 2.24) is 25.1 Å². The molecule has 0 radical (unpaired) electrons. The summed E-state index contributed by atoms with van der Waals surface area (Å²) < 4.78 is 11.6. The van der Waals surface area contributed by atoms with Crippen LogP contribution in [0.15, 0.2) is 48.5 Å². The third-order valence-corrected chi connectivity index (χ3v) is 4.59. The van der Waals surface area contributed by atoms with Crippen LogP contribution < -0.4 is 9.47 Å². The van der Waals surface area contributed by atoms with E-state index in [2.05, 4.69) is 15.4 Å². The fraction of sp³-hybridized carbons (Fsp3) is 0.300. The lowest BCUT2D eigenvalue weighted by molar-refractivity contribution is -0.132. The molecule has 0 saturated heterocycles. The molecule has 0 aliphatic carbocycles. The Bertz CT molecular complexity index is 987. The molecule has 3 aromatic rings. The van der Waals surface area contributed by atoms with E-state index in [9.17, 15) is 4.79 Å². The van der Waals surface area contributed by atoms with E-state index >= 15 is 0 Å². The van der Waals surface area contributed by atoms with E-state index in [0.29, 0.717) is 24.7 Å². The number of amides is 1. The molecule has 0 unspecified atom stereocenters. The summed E-state index contributed by atoms with van der Waals surface area (Å²) in [5, 5.41) is 12.4. The van der Waals surface area contributed by atoms with Crippen LogP contribution in [-0.2, 0) is 11.3 Å². The minimum absolute atomic E-state index is 0.0134. The van der Waals surface area contributed by atoms with Gasteiger partial charge in [-0.25, -0.2) is 0 Å². The highest BCUT2D eigenvalue weighted by molar-refractivity contribution is 5.75. The van der Waals surface area contributed by atoms with Crippen molar-refractivity contribution in [2.24, 2.45) is 0 Å². The normalized spacial score (nSPS) is 15.3. The van der Waals surface area contributed by atoms with E-state index in [1.54, 1.807) is 11.9 Å². The Labute approximate surface area is 162 Å². The maximum absolute atomic E-state index is 12.5. The fourth-order valence-electron chi connectivity index (χ4n) is 3.04. The first-order valence-electron chi connectivity index (χ1n) is 9.06. The number of aryl methyl sites for hydroxylation is 1. The Morgan fingerprint density at radius 2 is 1.93 bits per heavy atom. The molecule has 0 fully saturated rings. The molecule has 8 nitrogen and oxygen atoms in total. The molecule has 2 aromatic carbocycles. The van der Waals surface area contributed by atoms with Gasteiger partial charge in [0.15, 0.2) is 17.6 Å². The van der Waals surface area contributed by atoms with Crippen LogP contribution in [0.4, 0.5) is 0 Å². The molecule has 1 atom stereocenters. The number of benzene rings is 2. The highest BCUT2D eigenvalue weighted by atomic mass is 16.6. The largest absolute Gasteiger partial charge is 0.486 e. The summed E-state index contributed by atoms with van der Waals surface area (Å²) in [7, 11) is 1.73. The van der Waals surface area contributed by atoms with E-state index in [0.717, 1.165) is 16.9 Å². The van der Waals surface area contributed by atoms with E-state index in [1.807, 2.05) is 55.5 Å². The molecule has 4 rings (SSSR count). The van der Waals surface area contributed by atoms with E-state index in [4.69, 9.17) is 9.47 Å². The lowest BCUT2D eigenvalue weighted by Crippen LogP contribution is -2.43. The third-order valence-electron chi connectivity index (χ3n) is 4.59. The Hall–Kier alpha value is -3.42. The number of hydrogen-bond acceptors (Lipinski definition) is 6. The first-order valence-corrected chi connectivity index (χ1v) is 9.06. The second-order valence-corrected chi connectivity index (χ2v) is 6.73. The zero-order valence-corrected chi connectivity index (χ0v) is 15.8. The second kappa shape index (κ2) is 7.67. The number of aromatic nitrogens is 4. The Kier molecular flexibility index (Phi) is 4.92. The smallest absolute Gasteiger partial charge is 0.246 e. The predicted octanol–water partition coefficient (Wildman–Crippen LogP) is 1.95. The number of hydrogen-bond donors (Lipinski definition) is 0. The molecule has 144 valence electrons. The van der Waals surface area contributed by atoms with Gasteiger partial charge in [-0.2, -0.15) is 4.80 Å². The molecular weight excluding hydrogens is 358 g/mol. The summed E-state index contributed by atoms with van der Waals surface area (Å²) in [6.45, 7) is 2.80. The monoisotopic (exact) mass is 379 g/mol. The zero-order valence-electron chi connectivity index (χ0n) is 15.8. The van der Waals surface area contributed by atoms with E-state index < -0.39 is 0 Å². The molecule has 1 amide bonds. The Balaban J connectivity index is 1.36. The lowest BCUT2D eigenvalue weighted by Gasteiger charge is -2.29. The van der Waals surface area contributed by atoms with Gasteiger partial charge in [0.25, 0.3) is 0 Å². The number of likely N-dealkylation sites (N-methyl/N-ethyl adjacent to an activating group) is 1. The number of tetrazole rings is 1. The number of para-hydroxylation sites is 2. The van der Waals surface area contributed by atoms with Crippen LogP contribution in [0.1, 0.15) is 5.56 Å². The summed E-state index contributed by atoms with van der Waals surface area (Å²) in [6.07, 6.45) is -0.227. The van der Waals surface area contributed by atoms with Gasteiger partial charge in [0, 0.05) is 12.6 Å². The van der Waals surface area contributed by atoms with Gasteiger partial charge in [-0.15, -0.1) is 10.2 Å². The molecule has 1 aliphatic heterocycles. The van der Waals surface area contributed by atoms with Crippen molar-refractivity contribution in [3.05, 3.63) is 54.1 Å². The molecule has 8 heteroatoms. The zero-order chi connectivity index (χ0) is 19.5. The summed E-state index contributed by atoms with van der Waals surface area (Å²) >= 11 is 0. The van der Waals surface area contributed by atoms with Gasteiger partial charge in [-0.3, -0.25) is 4.79 Å². The number of rotatable bonds is 5. The highest BCUT2D eigenvalue weighted by Crippen LogP contribution is 2.30. The molecule has 0 spiro atoms. The molecular formula is C20H21N5O3. The summed E-state index contributed by atoms with van der Waals surface area (Å²) in [4.78, 5) is 15.5. The number of carbonyl (C=O) groups excluding carboxylic acids is 1. The van der Waals surface area contributed by atoms with Gasteiger partial charge < -0.3 is 14.4 Å². The Morgan fingerprint density at radius 1 is 1.18 bits per heavy atom. The van der Waals surface area contributed by atoms with Gasteiger partial charge in [0.05, 0.1) is 6.54 Å². The maximum Gasteiger partial charge on any atom is 0.246 e. The molecule has 28 heavy (non-hydrogen) atoms. The van der Waals surface area contributed by atoms with Crippen LogP contribution in [0, 0.1) is 6.92 Å². The van der Waals surface area contributed by atoms with Crippen LogP contribution in [0.3, 0.4) is 0 Å². The summed E-state index contributed by atoms with van der Waals surface area (Å²) in [5.41, 5.74) is 1.96. The molecule has 0 N–H and O–H groups in total. The van der Waals surface area contributed by atoms with Crippen molar-refractivity contribution >= 4 is 5.91 Å². The van der Waals surface area contributed by atoms with Crippen molar-refractivity contribution in [3.63, 3.8) is 0 Å². The SMILES string of the molecule is Cc1ccccc1-c1nnn(CC(=O)N(C)C[C@@H]2COc3ccccc3O2)n1. The number of nitrogens with zero attached hydrogens (tertiary/aromatic N) is 5. The predicted molar refractivity (Wildman–Crippen MR) is 102 cm³/mol. The number of ether oxygens (including phenoxy) is 2.